The van der Waals surface area contributed by atoms with Gasteiger partial charge < -0.3 is 14.5 Å². The fourth-order valence-corrected chi connectivity index (χ4v) is 3.65. The number of aryl methyl sites for hydroxylation is 1. The molecule has 0 saturated carbocycles. The van der Waals surface area contributed by atoms with Crippen LogP contribution < -0.4 is 9.64 Å². The van der Waals surface area contributed by atoms with Gasteiger partial charge in [0.05, 0.1) is 13.7 Å². The molecule has 1 heterocycles. The third kappa shape index (κ3) is 5.26. The van der Waals surface area contributed by atoms with Crippen molar-refractivity contribution in [3.05, 3.63) is 59.7 Å². The van der Waals surface area contributed by atoms with Crippen LogP contribution >= 0.6 is 0 Å². The molecule has 1 fully saturated rings. The number of carbonyl (C=O) groups excluding carboxylic acids is 1. The third-order valence-electron chi connectivity index (χ3n) is 5.36. The monoisotopic (exact) mass is 381 g/mol. The number of nitrogens with zero attached hydrogens (tertiary/aromatic N) is 3. The minimum absolute atomic E-state index is 0.226. The van der Waals surface area contributed by atoms with Gasteiger partial charge >= 0.3 is 0 Å². The summed E-state index contributed by atoms with van der Waals surface area (Å²) in [6, 6.07) is 16.6. The van der Waals surface area contributed by atoms with Crippen molar-refractivity contribution in [3.63, 3.8) is 0 Å². The Balaban J connectivity index is 1.50. The maximum atomic E-state index is 12.8. The van der Waals surface area contributed by atoms with Crippen molar-refractivity contribution in [2.24, 2.45) is 0 Å². The SMILES string of the molecule is CCN(CC(=O)N1CCN(c2ccc(OC)cc2)CC1)Cc1cccc(C)c1. The quantitative estimate of drug-likeness (QED) is 0.738. The van der Waals surface area contributed by atoms with Crippen molar-refractivity contribution in [2.45, 2.75) is 20.4 Å². The highest BCUT2D eigenvalue weighted by atomic mass is 16.5. The van der Waals surface area contributed by atoms with E-state index in [9.17, 15) is 4.79 Å². The number of carbonyl (C=O) groups is 1. The number of piperazine rings is 1. The Kier molecular flexibility index (Phi) is 6.93. The molecular formula is C23H31N3O2. The lowest BCUT2D eigenvalue weighted by atomic mass is 10.1. The second-order valence-electron chi connectivity index (χ2n) is 7.36. The molecule has 0 unspecified atom stereocenters. The van der Waals surface area contributed by atoms with Crippen LogP contribution in [0, 0.1) is 6.92 Å². The summed E-state index contributed by atoms with van der Waals surface area (Å²) in [4.78, 5) is 19.3. The summed E-state index contributed by atoms with van der Waals surface area (Å²) >= 11 is 0. The van der Waals surface area contributed by atoms with Crippen molar-refractivity contribution in [2.75, 3.05) is 51.3 Å². The Hall–Kier alpha value is -2.53. The second kappa shape index (κ2) is 9.60. The van der Waals surface area contributed by atoms with Crippen LogP contribution in [0.4, 0.5) is 5.69 Å². The van der Waals surface area contributed by atoms with E-state index in [2.05, 4.69) is 60.0 Å². The average molecular weight is 382 g/mol. The molecule has 2 aromatic carbocycles. The summed E-state index contributed by atoms with van der Waals surface area (Å²) in [5.74, 6) is 1.09. The van der Waals surface area contributed by atoms with Crippen LogP contribution in [0.25, 0.3) is 0 Å². The highest BCUT2D eigenvalue weighted by Gasteiger charge is 2.22. The van der Waals surface area contributed by atoms with Crippen molar-refractivity contribution >= 4 is 11.6 Å². The predicted molar refractivity (Wildman–Crippen MR) is 114 cm³/mol. The van der Waals surface area contributed by atoms with E-state index >= 15 is 0 Å². The minimum Gasteiger partial charge on any atom is -0.497 e. The van der Waals surface area contributed by atoms with Gasteiger partial charge in [-0.2, -0.15) is 0 Å². The predicted octanol–water partition coefficient (Wildman–Crippen LogP) is 3.17. The molecule has 3 rings (SSSR count). The molecule has 1 aliphatic rings. The van der Waals surface area contributed by atoms with Gasteiger partial charge in [0.1, 0.15) is 5.75 Å². The number of amides is 1. The van der Waals surface area contributed by atoms with Gasteiger partial charge in [-0.3, -0.25) is 9.69 Å². The molecule has 150 valence electrons. The standard InChI is InChI=1S/C23H31N3O2/c1-4-24(17-20-7-5-6-19(2)16-20)18-23(27)26-14-12-25(13-15-26)21-8-10-22(28-3)11-9-21/h5-11,16H,4,12-15,17-18H2,1-3H3. The zero-order chi connectivity index (χ0) is 19.9. The molecule has 5 heteroatoms. The first-order valence-corrected chi connectivity index (χ1v) is 10.0. The molecule has 0 spiro atoms. The maximum absolute atomic E-state index is 12.8. The normalized spacial score (nSPS) is 14.4. The Morgan fingerprint density at radius 1 is 1.07 bits per heavy atom. The van der Waals surface area contributed by atoms with E-state index in [0.717, 1.165) is 45.0 Å². The summed E-state index contributed by atoms with van der Waals surface area (Å²) < 4.78 is 5.23. The maximum Gasteiger partial charge on any atom is 0.236 e. The topological polar surface area (TPSA) is 36.0 Å². The number of anilines is 1. The fraction of sp³-hybridized carbons (Fsp3) is 0.435. The molecular weight excluding hydrogens is 350 g/mol. The summed E-state index contributed by atoms with van der Waals surface area (Å²) in [6.07, 6.45) is 0. The first-order valence-electron chi connectivity index (χ1n) is 10.0. The van der Waals surface area contributed by atoms with Gasteiger partial charge in [0.15, 0.2) is 0 Å². The zero-order valence-electron chi connectivity index (χ0n) is 17.2. The van der Waals surface area contributed by atoms with Crippen LogP contribution in [0.15, 0.2) is 48.5 Å². The third-order valence-corrected chi connectivity index (χ3v) is 5.36. The number of rotatable bonds is 7. The van der Waals surface area contributed by atoms with Crippen LogP contribution in [0.1, 0.15) is 18.1 Å². The minimum atomic E-state index is 0.226. The van der Waals surface area contributed by atoms with E-state index < -0.39 is 0 Å². The van der Waals surface area contributed by atoms with E-state index in [0.29, 0.717) is 6.54 Å². The van der Waals surface area contributed by atoms with Gasteiger partial charge in [-0.1, -0.05) is 36.8 Å². The Labute approximate surface area is 168 Å². The largest absolute Gasteiger partial charge is 0.497 e. The van der Waals surface area contributed by atoms with E-state index in [1.54, 1.807) is 7.11 Å². The summed E-state index contributed by atoms with van der Waals surface area (Å²) in [5.41, 5.74) is 3.70. The molecule has 0 bridgehead atoms. The van der Waals surface area contributed by atoms with Crippen LogP contribution in [0.5, 0.6) is 5.75 Å². The Morgan fingerprint density at radius 3 is 2.39 bits per heavy atom. The number of methoxy groups -OCH3 is 1. The van der Waals surface area contributed by atoms with E-state index in [1.807, 2.05) is 17.0 Å². The Morgan fingerprint density at radius 2 is 1.79 bits per heavy atom. The number of likely N-dealkylation sites (N-methyl/N-ethyl adjacent to an activating group) is 1. The molecule has 0 aliphatic carbocycles. The van der Waals surface area contributed by atoms with Crippen LogP contribution in [-0.4, -0.2) is 62.1 Å². The summed E-state index contributed by atoms with van der Waals surface area (Å²) in [7, 11) is 1.68. The number of hydrogen-bond donors (Lipinski definition) is 0. The fourth-order valence-electron chi connectivity index (χ4n) is 3.65. The lowest BCUT2D eigenvalue weighted by molar-refractivity contribution is -0.132. The molecule has 5 nitrogen and oxygen atoms in total. The molecule has 1 aliphatic heterocycles. The van der Waals surface area contributed by atoms with Crippen molar-refractivity contribution < 1.29 is 9.53 Å². The molecule has 0 aromatic heterocycles. The summed E-state index contributed by atoms with van der Waals surface area (Å²) in [5, 5.41) is 0. The van der Waals surface area contributed by atoms with E-state index in [4.69, 9.17) is 4.74 Å². The zero-order valence-corrected chi connectivity index (χ0v) is 17.2. The van der Waals surface area contributed by atoms with Crippen LogP contribution in [0.2, 0.25) is 0 Å². The number of hydrogen-bond acceptors (Lipinski definition) is 4. The van der Waals surface area contributed by atoms with E-state index in [1.165, 1.54) is 16.8 Å². The molecule has 0 atom stereocenters. The van der Waals surface area contributed by atoms with Gasteiger partial charge in [-0.15, -0.1) is 0 Å². The average Bonchev–Trinajstić information content (AvgIpc) is 2.73. The lowest BCUT2D eigenvalue weighted by Gasteiger charge is -2.37. The summed E-state index contributed by atoms with van der Waals surface area (Å²) in [6.45, 7) is 9.65. The van der Waals surface area contributed by atoms with Crippen molar-refractivity contribution in [3.8, 4) is 5.75 Å². The number of benzene rings is 2. The van der Waals surface area contributed by atoms with Crippen LogP contribution in [-0.2, 0) is 11.3 Å². The molecule has 28 heavy (non-hydrogen) atoms. The molecule has 0 N–H and O–H groups in total. The van der Waals surface area contributed by atoms with Gasteiger partial charge in [0.2, 0.25) is 5.91 Å². The number of ether oxygens (including phenoxy) is 1. The highest BCUT2D eigenvalue weighted by molar-refractivity contribution is 5.78. The molecule has 0 radical (unpaired) electrons. The van der Waals surface area contributed by atoms with Gasteiger partial charge in [-0.05, 0) is 43.3 Å². The Bertz CT molecular complexity index is 768. The smallest absolute Gasteiger partial charge is 0.236 e. The van der Waals surface area contributed by atoms with Crippen molar-refractivity contribution in [1.29, 1.82) is 0 Å². The second-order valence-corrected chi connectivity index (χ2v) is 7.36. The first kappa shape index (κ1) is 20.2. The molecule has 1 saturated heterocycles. The van der Waals surface area contributed by atoms with E-state index in [-0.39, 0.29) is 5.91 Å². The van der Waals surface area contributed by atoms with Crippen molar-refractivity contribution in [1.82, 2.24) is 9.80 Å². The van der Waals surface area contributed by atoms with Gasteiger partial charge in [-0.25, -0.2) is 0 Å². The molecule has 1 amide bonds. The lowest BCUT2D eigenvalue weighted by Crippen LogP contribution is -2.51. The van der Waals surface area contributed by atoms with Gasteiger partial charge in [0.25, 0.3) is 0 Å². The first-order chi connectivity index (χ1) is 13.6. The van der Waals surface area contributed by atoms with Gasteiger partial charge in [0, 0.05) is 38.4 Å². The molecule has 2 aromatic rings. The van der Waals surface area contributed by atoms with Crippen LogP contribution in [0.3, 0.4) is 0 Å². The highest BCUT2D eigenvalue weighted by Crippen LogP contribution is 2.20.